The van der Waals surface area contributed by atoms with Gasteiger partial charge in [0.05, 0.1) is 12.3 Å². The molecule has 1 atom stereocenters. The summed E-state index contributed by atoms with van der Waals surface area (Å²) in [7, 11) is 0. The average Bonchev–Trinajstić information content (AvgIpc) is 3.25. The van der Waals surface area contributed by atoms with Gasteiger partial charge < -0.3 is 9.88 Å². The number of nitrogens with one attached hydrogen (secondary N) is 2. The summed E-state index contributed by atoms with van der Waals surface area (Å²) in [5.41, 5.74) is 2.88. The largest absolute Gasteiger partial charge is 0.344 e. The maximum absolute atomic E-state index is 12.9. The summed E-state index contributed by atoms with van der Waals surface area (Å²) in [6.45, 7) is 4.03. The number of aromatic nitrogens is 3. The number of benzene rings is 2. The van der Waals surface area contributed by atoms with Gasteiger partial charge in [0.2, 0.25) is 5.91 Å². The van der Waals surface area contributed by atoms with E-state index >= 15 is 0 Å². The van der Waals surface area contributed by atoms with E-state index in [2.05, 4.69) is 20.9 Å². The summed E-state index contributed by atoms with van der Waals surface area (Å²) in [5.74, 6) is -0.353. The molecule has 3 aromatic rings. The van der Waals surface area contributed by atoms with E-state index in [-0.39, 0.29) is 5.75 Å². The van der Waals surface area contributed by atoms with Crippen molar-refractivity contribution in [2.24, 2.45) is 0 Å². The summed E-state index contributed by atoms with van der Waals surface area (Å²) < 4.78 is 1.91. The quantitative estimate of drug-likeness (QED) is 0.422. The number of carbonyl (C=O) groups is 3. The van der Waals surface area contributed by atoms with Gasteiger partial charge in [0, 0.05) is 0 Å². The van der Waals surface area contributed by atoms with Gasteiger partial charge in [0.15, 0.2) is 5.16 Å². The topological polar surface area (TPSA) is 109 Å². The molecular weight excluding hydrogens is 428 g/mol. The molecule has 9 nitrogen and oxygen atoms in total. The van der Waals surface area contributed by atoms with Crippen molar-refractivity contribution in [3.63, 3.8) is 0 Å². The molecular formula is C22H22N6O3S. The van der Waals surface area contributed by atoms with Crippen molar-refractivity contribution in [1.82, 2.24) is 30.5 Å². The van der Waals surface area contributed by atoms with Crippen LogP contribution in [-0.4, -0.2) is 43.4 Å². The van der Waals surface area contributed by atoms with Crippen molar-refractivity contribution in [2.45, 2.75) is 31.1 Å². The Bertz CT molecular complexity index is 1150. The van der Waals surface area contributed by atoms with E-state index in [9.17, 15) is 14.4 Å². The SMILES string of the molecule is Cc1nnc(SCC(=O)NN2C(=O)N[C@](C)(c3ccccc3)C2=O)n1Cc1ccccc1. The number of amides is 4. The molecule has 2 aromatic carbocycles. The Balaban J connectivity index is 1.40. The van der Waals surface area contributed by atoms with Crippen LogP contribution in [0, 0.1) is 6.92 Å². The molecule has 4 amide bonds. The molecule has 0 bridgehead atoms. The maximum atomic E-state index is 12.9. The molecule has 0 saturated carbocycles. The number of nitrogens with zero attached hydrogens (tertiary/aromatic N) is 4. The minimum absolute atomic E-state index is 0.0357. The highest BCUT2D eigenvalue weighted by Gasteiger charge is 2.49. The van der Waals surface area contributed by atoms with Crippen LogP contribution in [0.5, 0.6) is 0 Å². The van der Waals surface area contributed by atoms with Crippen molar-refractivity contribution in [1.29, 1.82) is 0 Å². The molecule has 4 rings (SSSR count). The third-order valence-electron chi connectivity index (χ3n) is 5.20. The fraction of sp³-hybridized carbons (Fsp3) is 0.227. The number of urea groups is 1. The standard InChI is InChI=1S/C22H22N6O3S/c1-15-24-25-21(27(15)13-16-9-5-3-6-10-16)32-14-18(29)26-28-19(30)22(2,23-20(28)31)17-11-7-4-8-12-17/h3-12H,13-14H2,1-2H3,(H,23,31)(H,26,29)/t22-/m1/s1. The summed E-state index contributed by atoms with van der Waals surface area (Å²) in [4.78, 5) is 37.8. The second-order valence-corrected chi connectivity index (χ2v) is 8.43. The molecule has 1 fully saturated rings. The minimum atomic E-state index is -1.24. The highest BCUT2D eigenvalue weighted by atomic mass is 32.2. The number of carbonyl (C=O) groups excluding carboxylic acids is 3. The molecule has 164 valence electrons. The number of hydrogen-bond acceptors (Lipinski definition) is 6. The molecule has 10 heteroatoms. The van der Waals surface area contributed by atoms with Gasteiger partial charge in [-0.2, -0.15) is 5.01 Å². The minimum Gasteiger partial charge on any atom is -0.318 e. The van der Waals surface area contributed by atoms with Crippen molar-refractivity contribution in [2.75, 3.05) is 5.75 Å². The fourth-order valence-corrected chi connectivity index (χ4v) is 4.19. The lowest BCUT2D eigenvalue weighted by Crippen LogP contribution is -2.48. The number of aryl methyl sites for hydroxylation is 1. The van der Waals surface area contributed by atoms with Crippen LogP contribution >= 0.6 is 11.8 Å². The lowest BCUT2D eigenvalue weighted by molar-refractivity contribution is -0.138. The monoisotopic (exact) mass is 450 g/mol. The molecule has 0 radical (unpaired) electrons. The maximum Gasteiger partial charge on any atom is 0.344 e. The zero-order valence-corrected chi connectivity index (χ0v) is 18.4. The van der Waals surface area contributed by atoms with Crippen LogP contribution in [0.15, 0.2) is 65.8 Å². The van der Waals surface area contributed by atoms with Gasteiger partial charge >= 0.3 is 6.03 Å². The van der Waals surface area contributed by atoms with E-state index in [0.29, 0.717) is 17.3 Å². The second-order valence-electron chi connectivity index (χ2n) is 7.49. The van der Waals surface area contributed by atoms with Crippen molar-refractivity contribution < 1.29 is 14.4 Å². The number of hydrogen-bond donors (Lipinski definition) is 2. The Kier molecular flexibility index (Phi) is 5.95. The lowest BCUT2D eigenvalue weighted by atomic mass is 9.92. The molecule has 0 unspecified atom stereocenters. The van der Waals surface area contributed by atoms with Crippen molar-refractivity contribution in [3.8, 4) is 0 Å². The fourth-order valence-electron chi connectivity index (χ4n) is 3.41. The van der Waals surface area contributed by atoms with Crippen LogP contribution in [0.4, 0.5) is 4.79 Å². The summed E-state index contributed by atoms with van der Waals surface area (Å²) >= 11 is 1.18. The highest BCUT2D eigenvalue weighted by molar-refractivity contribution is 7.99. The molecule has 1 aliphatic rings. The summed E-state index contributed by atoms with van der Waals surface area (Å²) in [6.07, 6.45) is 0. The lowest BCUT2D eigenvalue weighted by Gasteiger charge is -2.22. The van der Waals surface area contributed by atoms with E-state index in [0.717, 1.165) is 16.4 Å². The molecule has 1 aromatic heterocycles. The predicted molar refractivity (Wildman–Crippen MR) is 118 cm³/mol. The first kappa shape index (κ1) is 21.6. The van der Waals surface area contributed by atoms with Gasteiger partial charge in [-0.15, -0.1) is 10.2 Å². The molecule has 2 heterocycles. The Morgan fingerprint density at radius 1 is 1.06 bits per heavy atom. The van der Waals surface area contributed by atoms with E-state index in [4.69, 9.17) is 0 Å². The number of thioether (sulfide) groups is 1. The van der Waals surface area contributed by atoms with E-state index in [1.165, 1.54) is 11.8 Å². The third-order valence-corrected chi connectivity index (χ3v) is 6.16. The Morgan fingerprint density at radius 3 is 2.41 bits per heavy atom. The Labute approximate surface area is 189 Å². The number of hydrazine groups is 1. The van der Waals surface area contributed by atoms with E-state index in [1.807, 2.05) is 47.9 Å². The van der Waals surface area contributed by atoms with Crippen LogP contribution in [0.25, 0.3) is 0 Å². The third kappa shape index (κ3) is 4.22. The van der Waals surface area contributed by atoms with Crippen LogP contribution in [0.2, 0.25) is 0 Å². The summed E-state index contributed by atoms with van der Waals surface area (Å²) in [5, 5.41) is 12.2. The number of rotatable bonds is 7. The second kappa shape index (κ2) is 8.83. The molecule has 0 aliphatic carbocycles. The van der Waals surface area contributed by atoms with Crippen LogP contribution in [0.3, 0.4) is 0 Å². The molecule has 0 spiro atoms. The summed E-state index contributed by atoms with van der Waals surface area (Å²) in [6, 6.07) is 18.1. The van der Waals surface area contributed by atoms with Gasteiger partial charge in [-0.3, -0.25) is 15.0 Å². The first-order chi connectivity index (χ1) is 15.4. The van der Waals surface area contributed by atoms with Gasteiger partial charge in [-0.25, -0.2) is 4.79 Å². The van der Waals surface area contributed by atoms with E-state index in [1.54, 1.807) is 31.2 Å². The predicted octanol–water partition coefficient (Wildman–Crippen LogP) is 2.23. The molecule has 2 N–H and O–H groups in total. The van der Waals surface area contributed by atoms with Gasteiger partial charge in [0.1, 0.15) is 11.4 Å². The smallest absolute Gasteiger partial charge is 0.318 e. The normalized spacial score (nSPS) is 18.0. The molecule has 1 aliphatic heterocycles. The van der Waals surface area contributed by atoms with Crippen LogP contribution < -0.4 is 10.7 Å². The van der Waals surface area contributed by atoms with Gasteiger partial charge in [-0.05, 0) is 25.0 Å². The van der Waals surface area contributed by atoms with Gasteiger partial charge in [0.25, 0.3) is 5.91 Å². The first-order valence-corrected chi connectivity index (χ1v) is 11.0. The Hall–Kier alpha value is -3.66. The average molecular weight is 451 g/mol. The zero-order chi connectivity index (χ0) is 22.7. The van der Waals surface area contributed by atoms with Gasteiger partial charge in [-0.1, -0.05) is 72.4 Å². The van der Waals surface area contributed by atoms with E-state index < -0.39 is 23.4 Å². The molecule has 32 heavy (non-hydrogen) atoms. The zero-order valence-electron chi connectivity index (χ0n) is 17.6. The van der Waals surface area contributed by atoms with Crippen LogP contribution in [0.1, 0.15) is 23.9 Å². The Morgan fingerprint density at radius 2 is 1.72 bits per heavy atom. The highest BCUT2D eigenvalue weighted by Crippen LogP contribution is 2.27. The van der Waals surface area contributed by atoms with Crippen molar-refractivity contribution >= 4 is 29.6 Å². The molecule has 1 saturated heterocycles. The van der Waals surface area contributed by atoms with Crippen LogP contribution in [-0.2, 0) is 21.7 Å². The number of imide groups is 1. The first-order valence-electron chi connectivity index (χ1n) is 9.97. The van der Waals surface area contributed by atoms with Crippen molar-refractivity contribution in [3.05, 3.63) is 77.6 Å².